The molecule has 0 amide bonds. The van der Waals surface area contributed by atoms with Gasteiger partial charge in [0.25, 0.3) is 0 Å². The standard InChI is InChI=1S/C10H15ClN2O2S2/c1-10(2,16-3)7-13-17(14,15)8-5-4-6-12-9(8)11/h4-6,13H,7H2,1-3H3. The molecule has 1 aromatic rings. The molecule has 0 radical (unpaired) electrons. The minimum atomic E-state index is -3.59. The number of pyridine rings is 1. The van der Waals surface area contributed by atoms with Crippen LogP contribution in [0.4, 0.5) is 0 Å². The van der Waals surface area contributed by atoms with Crippen molar-refractivity contribution < 1.29 is 8.42 Å². The van der Waals surface area contributed by atoms with E-state index in [1.54, 1.807) is 17.8 Å². The molecule has 0 spiro atoms. The van der Waals surface area contributed by atoms with E-state index in [0.29, 0.717) is 6.54 Å². The van der Waals surface area contributed by atoms with E-state index in [0.717, 1.165) is 0 Å². The fourth-order valence-corrected chi connectivity index (χ4v) is 2.96. The molecule has 0 aliphatic heterocycles. The fraction of sp³-hybridized carbons (Fsp3) is 0.500. The van der Waals surface area contributed by atoms with Crippen LogP contribution >= 0.6 is 23.4 Å². The van der Waals surface area contributed by atoms with Gasteiger partial charge < -0.3 is 0 Å². The molecule has 0 unspecified atom stereocenters. The summed E-state index contributed by atoms with van der Waals surface area (Å²) in [6.45, 7) is 4.26. The highest BCUT2D eigenvalue weighted by Gasteiger charge is 2.23. The van der Waals surface area contributed by atoms with Crippen LogP contribution in [0.15, 0.2) is 23.2 Å². The molecule has 0 saturated carbocycles. The van der Waals surface area contributed by atoms with Crippen molar-refractivity contribution in [3.05, 3.63) is 23.5 Å². The Morgan fingerprint density at radius 1 is 1.53 bits per heavy atom. The average molecular weight is 295 g/mol. The van der Waals surface area contributed by atoms with Gasteiger partial charge in [-0.3, -0.25) is 0 Å². The Bertz CT molecular complexity index is 489. The molecule has 1 aromatic heterocycles. The van der Waals surface area contributed by atoms with Crippen LogP contribution < -0.4 is 4.72 Å². The van der Waals surface area contributed by atoms with Crippen LogP contribution in [0.5, 0.6) is 0 Å². The van der Waals surface area contributed by atoms with Crippen LogP contribution in [0.1, 0.15) is 13.8 Å². The summed E-state index contributed by atoms with van der Waals surface area (Å²) in [5.74, 6) is 0. The van der Waals surface area contributed by atoms with Gasteiger partial charge in [0.05, 0.1) is 0 Å². The summed E-state index contributed by atoms with van der Waals surface area (Å²) in [7, 11) is -3.59. The molecule has 0 saturated heterocycles. The Morgan fingerprint density at radius 3 is 2.71 bits per heavy atom. The highest BCUT2D eigenvalue weighted by atomic mass is 35.5. The normalized spacial score (nSPS) is 12.7. The predicted octanol–water partition coefficient (Wildman–Crippen LogP) is 2.15. The molecule has 0 bridgehead atoms. The molecular weight excluding hydrogens is 280 g/mol. The molecular formula is C10H15ClN2O2S2. The van der Waals surface area contributed by atoms with E-state index in [2.05, 4.69) is 9.71 Å². The number of rotatable bonds is 5. The van der Waals surface area contributed by atoms with Crippen LogP contribution in [0.25, 0.3) is 0 Å². The lowest BCUT2D eigenvalue weighted by Crippen LogP contribution is -2.36. The summed E-state index contributed by atoms with van der Waals surface area (Å²) in [6.07, 6.45) is 3.39. The van der Waals surface area contributed by atoms with E-state index in [1.807, 2.05) is 20.1 Å². The maximum atomic E-state index is 12.0. The number of nitrogens with one attached hydrogen (secondary N) is 1. The van der Waals surface area contributed by atoms with Gasteiger partial charge in [-0.2, -0.15) is 11.8 Å². The van der Waals surface area contributed by atoms with Gasteiger partial charge >= 0.3 is 0 Å². The first-order chi connectivity index (χ1) is 7.78. The summed E-state index contributed by atoms with van der Waals surface area (Å²) in [4.78, 5) is 3.76. The van der Waals surface area contributed by atoms with Gasteiger partial charge in [-0.25, -0.2) is 18.1 Å². The van der Waals surface area contributed by atoms with Crippen molar-refractivity contribution in [2.75, 3.05) is 12.8 Å². The van der Waals surface area contributed by atoms with Gasteiger partial charge in [0.15, 0.2) is 0 Å². The molecule has 4 nitrogen and oxygen atoms in total. The van der Waals surface area contributed by atoms with Crippen molar-refractivity contribution >= 4 is 33.4 Å². The second-order valence-electron chi connectivity index (χ2n) is 4.08. The first-order valence-electron chi connectivity index (χ1n) is 4.94. The molecule has 17 heavy (non-hydrogen) atoms. The molecule has 0 aliphatic carbocycles. The van der Waals surface area contributed by atoms with E-state index in [1.165, 1.54) is 12.3 Å². The Hall–Kier alpha value is -0.300. The fourth-order valence-electron chi connectivity index (χ4n) is 0.990. The number of halogens is 1. The second-order valence-corrected chi connectivity index (χ2v) is 7.69. The maximum absolute atomic E-state index is 12.0. The lowest BCUT2D eigenvalue weighted by atomic mass is 10.2. The Balaban J connectivity index is 2.88. The van der Waals surface area contributed by atoms with Gasteiger partial charge in [-0.15, -0.1) is 0 Å². The van der Waals surface area contributed by atoms with Crippen molar-refractivity contribution in [1.29, 1.82) is 0 Å². The third-order valence-electron chi connectivity index (χ3n) is 2.25. The third-order valence-corrected chi connectivity index (χ3v) is 5.35. The number of nitrogens with zero attached hydrogens (tertiary/aromatic N) is 1. The highest BCUT2D eigenvalue weighted by Crippen LogP contribution is 2.22. The van der Waals surface area contributed by atoms with Crippen molar-refractivity contribution in [2.45, 2.75) is 23.5 Å². The summed E-state index contributed by atoms with van der Waals surface area (Å²) >= 11 is 7.35. The van der Waals surface area contributed by atoms with E-state index >= 15 is 0 Å². The van der Waals surface area contributed by atoms with Gasteiger partial charge in [-0.05, 0) is 32.2 Å². The number of aromatic nitrogens is 1. The first-order valence-corrected chi connectivity index (χ1v) is 8.02. The molecule has 1 rings (SSSR count). The topological polar surface area (TPSA) is 59.1 Å². The summed E-state index contributed by atoms with van der Waals surface area (Å²) < 4.78 is 26.3. The smallest absolute Gasteiger partial charge is 0.243 e. The molecule has 96 valence electrons. The molecule has 7 heteroatoms. The molecule has 0 aromatic carbocycles. The zero-order chi connectivity index (χ0) is 13.1. The molecule has 1 N–H and O–H groups in total. The molecule has 0 atom stereocenters. The minimum Gasteiger partial charge on any atom is -0.243 e. The van der Waals surface area contributed by atoms with Gasteiger partial charge in [-0.1, -0.05) is 11.6 Å². The monoisotopic (exact) mass is 294 g/mol. The van der Waals surface area contributed by atoms with Crippen molar-refractivity contribution in [3.8, 4) is 0 Å². The van der Waals surface area contributed by atoms with Crippen molar-refractivity contribution in [2.24, 2.45) is 0 Å². The van der Waals surface area contributed by atoms with Crippen molar-refractivity contribution in [1.82, 2.24) is 9.71 Å². The summed E-state index contributed by atoms with van der Waals surface area (Å²) in [5.41, 5.74) is 0. The lowest BCUT2D eigenvalue weighted by molar-refractivity contribution is 0.570. The van der Waals surface area contributed by atoms with Crippen LogP contribution in [0.2, 0.25) is 5.15 Å². The number of thioether (sulfide) groups is 1. The molecule has 0 fully saturated rings. The van der Waals surface area contributed by atoms with Crippen LogP contribution in [-0.2, 0) is 10.0 Å². The third kappa shape index (κ3) is 4.13. The van der Waals surface area contributed by atoms with E-state index in [4.69, 9.17) is 11.6 Å². The van der Waals surface area contributed by atoms with Gasteiger partial charge in [0, 0.05) is 17.5 Å². The van der Waals surface area contributed by atoms with Gasteiger partial charge in [0.1, 0.15) is 10.0 Å². The number of hydrogen-bond donors (Lipinski definition) is 1. The zero-order valence-corrected chi connectivity index (χ0v) is 12.3. The number of sulfonamides is 1. The Morgan fingerprint density at radius 2 is 2.18 bits per heavy atom. The van der Waals surface area contributed by atoms with Crippen LogP contribution in [0, 0.1) is 0 Å². The van der Waals surface area contributed by atoms with E-state index in [-0.39, 0.29) is 14.8 Å². The Labute approximate surface area is 111 Å². The predicted molar refractivity (Wildman–Crippen MR) is 72.0 cm³/mol. The maximum Gasteiger partial charge on any atom is 0.243 e. The van der Waals surface area contributed by atoms with E-state index in [9.17, 15) is 8.42 Å². The van der Waals surface area contributed by atoms with Crippen molar-refractivity contribution in [3.63, 3.8) is 0 Å². The molecule has 1 heterocycles. The average Bonchev–Trinajstić information content (AvgIpc) is 2.27. The first kappa shape index (κ1) is 14.8. The highest BCUT2D eigenvalue weighted by molar-refractivity contribution is 8.00. The lowest BCUT2D eigenvalue weighted by Gasteiger charge is -2.22. The quantitative estimate of drug-likeness (QED) is 0.846. The van der Waals surface area contributed by atoms with E-state index < -0.39 is 10.0 Å². The second kappa shape index (κ2) is 5.56. The molecule has 0 aliphatic rings. The number of hydrogen-bond acceptors (Lipinski definition) is 4. The SMILES string of the molecule is CSC(C)(C)CNS(=O)(=O)c1cccnc1Cl. The minimum absolute atomic E-state index is 0.0121. The van der Waals surface area contributed by atoms with Crippen LogP contribution in [0.3, 0.4) is 0 Å². The Kier molecular flexibility index (Phi) is 4.83. The summed E-state index contributed by atoms with van der Waals surface area (Å²) in [6, 6.07) is 2.98. The van der Waals surface area contributed by atoms with Gasteiger partial charge in [0.2, 0.25) is 10.0 Å². The summed E-state index contributed by atoms with van der Waals surface area (Å²) in [5, 5.41) is -0.0121. The van der Waals surface area contributed by atoms with Crippen LogP contribution in [-0.4, -0.2) is 30.9 Å². The zero-order valence-electron chi connectivity index (χ0n) is 9.90. The largest absolute Gasteiger partial charge is 0.243 e.